The highest BCUT2D eigenvalue weighted by Gasteiger charge is 2.12. The van der Waals surface area contributed by atoms with E-state index in [0.29, 0.717) is 23.1 Å². The summed E-state index contributed by atoms with van der Waals surface area (Å²) in [5, 5.41) is 4.15. The van der Waals surface area contributed by atoms with E-state index in [1.165, 1.54) is 0 Å². The number of halogens is 3. The van der Waals surface area contributed by atoms with Crippen LogP contribution in [0.25, 0.3) is 0 Å². The lowest BCUT2D eigenvalue weighted by molar-refractivity contribution is 0.282. The van der Waals surface area contributed by atoms with Crippen LogP contribution in [0.15, 0.2) is 59.6 Å². The fourth-order valence-corrected chi connectivity index (χ4v) is 3.61. The van der Waals surface area contributed by atoms with Crippen LogP contribution in [-0.4, -0.2) is 23.2 Å². The van der Waals surface area contributed by atoms with Crippen molar-refractivity contribution < 1.29 is 9.47 Å². The van der Waals surface area contributed by atoms with E-state index >= 15 is 0 Å². The van der Waals surface area contributed by atoms with Crippen LogP contribution in [0.4, 0.5) is 0 Å². The monoisotopic (exact) mass is 499 g/mol. The lowest BCUT2D eigenvalue weighted by Crippen LogP contribution is -2.16. The standard InChI is InChI=1S/C21H23BrClN3O2.ClH/c1-27-20-12-16(13-24-7-4-9-26-10-8-25-15-26)11-18(22)21(20)28-14-17-5-2-3-6-19(17)23;/h2-3,5-6,8,10-12,15,24H,4,7,9,13-14H2,1H3;1H. The van der Waals surface area contributed by atoms with Crippen LogP contribution in [-0.2, 0) is 19.7 Å². The molecule has 8 heteroatoms. The maximum absolute atomic E-state index is 6.21. The molecule has 0 aliphatic heterocycles. The molecule has 0 amide bonds. The first-order valence-electron chi connectivity index (χ1n) is 9.06. The van der Waals surface area contributed by atoms with E-state index < -0.39 is 0 Å². The van der Waals surface area contributed by atoms with Crippen molar-refractivity contribution in [3.05, 3.63) is 75.7 Å². The van der Waals surface area contributed by atoms with Crippen LogP contribution < -0.4 is 14.8 Å². The molecule has 3 rings (SSSR count). The molecule has 0 aliphatic rings. The third-order valence-electron chi connectivity index (χ3n) is 4.28. The molecule has 0 saturated heterocycles. The number of aromatic nitrogens is 2. The Kier molecular flexibility index (Phi) is 9.81. The van der Waals surface area contributed by atoms with Crippen LogP contribution in [0, 0.1) is 0 Å². The minimum absolute atomic E-state index is 0. The second-order valence-electron chi connectivity index (χ2n) is 6.32. The topological polar surface area (TPSA) is 48.3 Å². The first kappa shape index (κ1) is 23.5. The molecule has 2 aromatic carbocycles. The molecule has 0 atom stereocenters. The summed E-state index contributed by atoms with van der Waals surface area (Å²) in [4.78, 5) is 4.05. The van der Waals surface area contributed by atoms with Gasteiger partial charge in [0.25, 0.3) is 0 Å². The van der Waals surface area contributed by atoms with Gasteiger partial charge in [-0.3, -0.25) is 0 Å². The highest BCUT2D eigenvalue weighted by molar-refractivity contribution is 9.10. The summed E-state index contributed by atoms with van der Waals surface area (Å²) in [5.74, 6) is 1.36. The van der Waals surface area contributed by atoms with Gasteiger partial charge in [-0.15, -0.1) is 12.4 Å². The molecule has 1 heterocycles. The van der Waals surface area contributed by atoms with Crippen molar-refractivity contribution in [3.63, 3.8) is 0 Å². The Morgan fingerprint density at radius 3 is 2.79 bits per heavy atom. The Balaban J connectivity index is 0.00000300. The minimum Gasteiger partial charge on any atom is -0.493 e. The van der Waals surface area contributed by atoms with Gasteiger partial charge in [-0.1, -0.05) is 29.8 Å². The van der Waals surface area contributed by atoms with Gasteiger partial charge in [-0.05, 0) is 52.7 Å². The summed E-state index contributed by atoms with van der Waals surface area (Å²) < 4.78 is 14.4. The van der Waals surface area contributed by atoms with Gasteiger partial charge in [0, 0.05) is 36.1 Å². The van der Waals surface area contributed by atoms with Gasteiger partial charge in [0.1, 0.15) is 6.61 Å². The van der Waals surface area contributed by atoms with Crippen molar-refractivity contribution in [2.75, 3.05) is 13.7 Å². The average molecular weight is 501 g/mol. The zero-order valence-corrected chi connectivity index (χ0v) is 19.3. The molecule has 0 saturated carbocycles. The van der Waals surface area contributed by atoms with Crippen LogP contribution in [0.3, 0.4) is 0 Å². The van der Waals surface area contributed by atoms with Crippen molar-refractivity contribution in [3.8, 4) is 11.5 Å². The van der Waals surface area contributed by atoms with Gasteiger partial charge in [0.2, 0.25) is 0 Å². The largest absolute Gasteiger partial charge is 0.493 e. The molecule has 5 nitrogen and oxygen atoms in total. The summed E-state index contributed by atoms with van der Waals surface area (Å²) in [6.45, 7) is 3.00. The van der Waals surface area contributed by atoms with E-state index in [-0.39, 0.29) is 12.4 Å². The Hall–Kier alpha value is -1.73. The third-order valence-corrected chi connectivity index (χ3v) is 5.24. The number of ether oxygens (including phenoxy) is 2. The predicted molar refractivity (Wildman–Crippen MR) is 122 cm³/mol. The second-order valence-corrected chi connectivity index (χ2v) is 7.58. The number of hydrogen-bond donors (Lipinski definition) is 1. The number of aryl methyl sites for hydroxylation is 1. The Morgan fingerprint density at radius 2 is 2.07 bits per heavy atom. The van der Waals surface area contributed by atoms with Gasteiger partial charge in [-0.25, -0.2) is 4.98 Å². The quantitative estimate of drug-likeness (QED) is 0.374. The molecular weight excluding hydrogens is 477 g/mol. The lowest BCUT2D eigenvalue weighted by Gasteiger charge is -2.15. The number of rotatable bonds is 10. The summed E-state index contributed by atoms with van der Waals surface area (Å²) in [7, 11) is 1.65. The van der Waals surface area contributed by atoms with Crippen molar-refractivity contribution in [2.24, 2.45) is 0 Å². The Morgan fingerprint density at radius 1 is 1.24 bits per heavy atom. The van der Waals surface area contributed by atoms with Gasteiger partial charge >= 0.3 is 0 Å². The number of methoxy groups -OCH3 is 1. The highest BCUT2D eigenvalue weighted by atomic mass is 79.9. The highest BCUT2D eigenvalue weighted by Crippen LogP contribution is 2.37. The van der Waals surface area contributed by atoms with E-state index in [0.717, 1.165) is 41.7 Å². The first-order chi connectivity index (χ1) is 13.7. The number of nitrogens with one attached hydrogen (secondary N) is 1. The molecule has 1 N–H and O–H groups in total. The fourth-order valence-electron chi connectivity index (χ4n) is 2.82. The van der Waals surface area contributed by atoms with E-state index in [1.807, 2.05) is 48.9 Å². The molecule has 1 aromatic heterocycles. The summed E-state index contributed by atoms with van der Waals surface area (Å²) in [6, 6.07) is 11.7. The van der Waals surface area contributed by atoms with Gasteiger partial charge in [0.15, 0.2) is 11.5 Å². The van der Waals surface area contributed by atoms with E-state index in [4.69, 9.17) is 21.1 Å². The summed E-state index contributed by atoms with van der Waals surface area (Å²) in [6.07, 6.45) is 6.65. The van der Waals surface area contributed by atoms with Gasteiger partial charge in [0.05, 0.1) is 17.9 Å². The van der Waals surface area contributed by atoms with E-state index in [9.17, 15) is 0 Å². The zero-order chi connectivity index (χ0) is 19.8. The zero-order valence-electron chi connectivity index (χ0n) is 16.1. The van der Waals surface area contributed by atoms with Crippen LogP contribution in [0.5, 0.6) is 11.5 Å². The summed E-state index contributed by atoms with van der Waals surface area (Å²) in [5.41, 5.74) is 2.05. The SMILES string of the molecule is COc1cc(CNCCCn2ccnc2)cc(Br)c1OCc1ccccc1Cl.Cl. The molecule has 3 aromatic rings. The van der Waals surface area contributed by atoms with Gasteiger partial charge < -0.3 is 19.4 Å². The van der Waals surface area contributed by atoms with Crippen molar-refractivity contribution >= 4 is 39.9 Å². The lowest BCUT2D eigenvalue weighted by atomic mass is 10.2. The van der Waals surface area contributed by atoms with Gasteiger partial charge in [-0.2, -0.15) is 0 Å². The van der Waals surface area contributed by atoms with E-state index in [2.05, 4.69) is 30.8 Å². The van der Waals surface area contributed by atoms with Crippen molar-refractivity contribution in [1.29, 1.82) is 0 Å². The maximum atomic E-state index is 6.21. The van der Waals surface area contributed by atoms with Crippen molar-refractivity contribution in [1.82, 2.24) is 14.9 Å². The molecule has 0 aliphatic carbocycles. The smallest absolute Gasteiger partial charge is 0.175 e. The number of imidazole rings is 1. The predicted octanol–water partition coefficient (Wildman–Crippen LogP) is 5.49. The number of hydrogen-bond acceptors (Lipinski definition) is 4. The molecule has 0 bridgehead atoms. The third kappa shape index (κ3) is 6.93. The number of benzene rings is 2. The normalized spacial score (nSPS) is 10.4. The molecule has 0 unspecified atom stereocenters. The Bertz CT molecular complexity index is 892. The minimum atomic E-state index is 0. The fraction of sp³-hybridized carbons (Fsp3) is 0.286. The number of nitrogens with zero attached hydrogens (tertiary/aromatic N) is 2. The molecule has 0 radical (unpaired) electrons. The molecule has 29 heavy (non-hydrogen) atoms. The maximum Gasteiger partial charge on any atom is 0.175 e. The second kappa shape index (κ2) is 12.1. The average Bonchev–Trinajstić information content (AvgIpc) is 3.21. The Labute approximate surface area is 190 Å². The van der Waals surface area contributed by atoms with Crippen LogP contribution >= 0.6 is 39.9 Å². The molecule has 0 spiro atoms. The summed E-state index contributed by atoms with van der Waals surface area (Å²) >= 11 is 9.81. The molecule has 0 fully saturated rings. The van der Waals surface area contributed by atoms with Crippen LogP contribution in [0.1, 0.15) is 17.5 Å². The molecular formula is C21H24BrCl2N3O2. The first-order valence-corrected chi connectivity index (χ1v) is 10.2. The van der Waals surface area contributed by atoms with Crippen LogP contribution in [0.2, 0.25) is 5.02 Å². The van der Waals surface area contributed by atoms with E-state index in [1.54, 1.807) is 13.3 Å². The van der Waals surface area contributed by atoms with Crippen molar-refractivity contribution in [2.45, 2.75) is 26.1 Å². The molecule has 156 valence electrons.